The van der Waals surface area contributed by atoms with Gasteiger partial charge in [-0.1, -0.05) is 13.0 Å². The summed E-state index contributed by atoms with van der Waals surface area (Å²) in [4.78, 5) is 2.39. The van der Waals surface area contributed by atoms with Crippen LogP contribution in [0.4, 0.5) is 4.39 Å². The lowest BCUT2D eigenvalue weighted by Crippen LogP contribution is -2.43. The van der Waals surface area contributed by atoms with E-state index >= 15 is 0 Å². The SMILES string of the molecule is COc1cccc(F)c1C(O)CCN1CCCC(C)C1C. The van der Waals surface area contributed by atoms with Gasteiger partial charge in [-0.15, -0.1) is 0 Å². The normalized spacial score (nSPS) is 24.8. The molecule has 3 atom stereocenters. The zero-order valence-electron chi connectivity index (χ0n) is 13.2. The van der Waals surface area contributed by atoms with Crippen LogP contribution in [0.1, 0.15) is 44.8 Å². The Labute approximate surface area is 126 Å². The predicted molar refractivity (Wildman–Crippen MR) is 82.0 cm³/mol. The fraction of sp³-hybridized carbons (Fsp3) is 0.647. The van der Waals surface area contributed by atoms with E-state index in [1.165, 1.54) is 26.0 Å². The van der Waals surface area contributed by atoms with Crippen molar-refractivity contribution in [3.63, 3.8) is 0 Å². The van der Waals surface area contributed by atoms with Gasteiger partial charge in [-0.2, -0.15) is 0 Å². The number of aliphatic hydroxyl groups is 1. The van der Waals surface area contributed by atoms with Crippen molar-refractivity contribution in [2.75, 3.05) is 20.2 Å². The van der Waals surface area contributed by atoms with Gasteiger partial charge in [0.05, 0.1) is 18.8 Å². The summed E-state index contributed by atoms with van der Waals surface area (Å²) < 4.78 is 19.1. The van der Waals surface area contributed by atoms with Crippen molar-refractivity contribution in [2.45, 2.75) is 45.3 Å². The van der Waals surface area contributed by atoms with Gasteiger partial charge in [0.1, 0.15) is 11.6 Å². The van der Waals surface area contributed by atoms with Crippen molar-refractivity contribution in [2.24, 2.45) is 5.92 Å². The smallest absolute Gasteiger partial charge is 0.132 e. The number of rotatable bonds is 5. The van der Waals surface area contributed by atoms with Crippen LogP contribution < -0.4 is 4.74 Å². The first-order valence-corrected chi connectivity index (χ1v) is 7.79. The van der Waals surface area contributed by atoms with Crippen molar-refractivity contribution in [1.29, 1.82) is 0 Å². The van der Waals surface area contributed by atoms with Crippen molar-refractivity contribution in [1.82, 2.24) is 4.90 Å². The lowest BCUT2D eigenvalue weighted by Gasteiger charge is -2.38. The molecule has 118 valence electrons. The van der Waals surface area contributed by atoms with E-state index < -0.39 is 11.9 Å². The van der Waals surface area contributed by atoms with Crippen LogP contribution in [0.3, 0.4) is 0 Å². The highest BCUT2D eigenvalue weighted by molar-refractivity contribution is 5.36. The van der Waals surface area contributed by atoms with E-state index in [0.717, 1.165) is 13.1 Å². The number of methoxy groups -OCH3 is 1. The van der Waals surface area contributed by atoms with Gasteiger partial charge in [0.2, 0.25) is 0 Å². The zero-order valence-corrected chi connectivity index (χ0v) is 13.2. The highest BCUT2D eigenvalue weighted by Crippen LogP contribution is 2.31. The molecular weight excluding hydrogens is 269 g/mol. The Morgan fingerprint density at radius 1 is 1.43 bits per heavy atom. The minimum absolute atomic E-state index is 0.276. The molecule has 1 aromatic carbocycles. The van der Waals surface area contributed by atoms with Crippen molar-refractivity contribution >= 4 is 0 Å². The second-order valence-electron chi connectivity index (χ2n) is 6.06. The van der Waals surface area contributed by atoms with Gasteiger partial charge in [0.25, 0.3) is 0 Å². The minimum atomic E-state index is -0.828. The summed E-state index contributed by atoms with van der Waals surface area (Å²) >= 11 is 0. The van der Waals surface area contributed by atoms with Crippen molar-refractivity contribution in [3.05, 3.63) is 29.6 Å². The molecule has 0 saturated carbocycles. The molecule has 1 aliphatic heterocycles. The first-order valence-electron chi connectivity index (χ1n) is 7.79. The quantitative estimate of drug-likeness (QED) is 0.904. The molecular formula is C17H26FNO2. The minimum Gasteiger partial charge on any atom is -0.496 e. The Hall–Kier alpha value is -1.13. The molecule has 1 heterocycles. The second-order valence-corrected chi connectivity index (χ2v) is 6.06. The molecule has 0 bridgehead atoms. The van der Waals surface area contributed by atoms with E-state index in [2.05, 4.69) is 18.7 Å². The molecule has 1 saturated heterocycles. The van der Waals surface area contributed by atoms with Crippen LogP contribution in [0.5, 0.6) is 5.75 Å². The number of benzene rings is 1. The first kappa shape index (κ1) is 16.2. The molecule has 1 aromatic rings. The fourth-order valence-corrected chi connectivity index (χ4v) is 3.19. The monoisotopic (exact) mass is 295 g/mol. The van der Waals surface area contributed by atoms with Gasteiger partial charge in [-0.05, 0) is 50.8 Å². The molecule has 3 unspecified atom stereocenters. The zero-order chi connectivity index (χ0) is 15.4. The largest absolute Gasteiger partial charge is 0.496 e. The Kier molecular flexibility index (Phi) is 5.59. The predicted octanol–water partition coefficient (Wildman–Crippen LogP) is 3.38. The summed E-state index contributed by atoms with van der Waals surface area (Å²) in [6.07, 6.45) is 2.16. The lowest BCUT2D eigenvalue weighted by atomic mass is 9.91. The molecule has 3 nitrogen and oxygen atoms in total. The maximum Gasteiger partial charge on any atom is 0.132 e. The average molecular weight is 295 g/mol. The standard InChI is InChI=1S/C17H26FNO2/c1-12-6-5-10-19(13(12)2)11-9-15(20)17-14(18)7-4-8-16(17)21-3/h4,7-8,12-13,15,20H,5-6,9-11H2,1-3H3. The lowest BCUT2D eigenvalue weighted by molar-refractivity contribution is 0.0819. The van der Waals surface area contributed by atoms with Crippen LogP contribution >= 0.6 is 0 Å². The third-order valence-corrected chi connectivity index (χ3v) is 4.76. The van der Waals surface area contributed by atoms with E-state index in [1.807, 2.05) is 0 Å². The molecule has 4 heteroatoms. The van der Waals surface area contributed by atoms with Crippen molar-refractivity contribution in [3.8, 4) is 5.75 Å². The van der Waals surface area contributed by atoms with Crippen LogP contribution in [0.25, 0.3) is 0 Å². The highest BCUT2D eigenvalue weighted by atomic mass is 19.1. The van der Waals surface area contributed by atoms with Gasteiger partial charge < -0.3 is 14.7 Å². The van der Waals surface area contributed by atoms with Crippen LogP contribution in [0.15, 0.2) is 18.2 Å². The summed E-state index contributed by atoms with van der Waals surface area (Å²) in [5.74, 6) is 0.698. The van der Waals surface area contributed by atoms with Crippen LogP contribution in [0, 0.1) is 11.7 Å². The van der Waals surface area contributed by atoms with E-state index in [9.17, 15) is 9.50 Å². The van der Waals surface area contributed by atoms with Gasteiger partial charge >= 0.3 is 0 Å². The first-order chi connectivity index (χ1) is 10.0. The van der Waals surface area contributed by atoms with Crippen LogP contribution in [0.2, 0.25) is 0 Å². The van der Waals surface area contributed by atoms with E-state index in [-0.39, 0.29) is 5.56 Å². The molecule has 2 rings (SSSR count). The molecule has 0 aromatic heterocycles. The fourth-order valence-electron chi connectivity index (χ4n) is 3.19. The number of piperidine rings is 1. The number of nitrogens with zero attached hydrogens (tertiary/aromatic N) is 1. The molecule has 1 aliphatic rings. The summed E-state index contributed by atoms with van der Waals surface area (Å²) in [5, 5.41) is 10.3. The third kappa shape index (κ3) is 3.74. The number of likely N-dealkylation sites (tertiary alicyclic amines) is 1. The van der Waals surface area contributed by atoms with Crippen LogP contribution in [-0.4, -0.2) is 36.2 Å². The molecule has 0 spiro atoms. The maximum atomic E-state index is 13.9. The summed E-state index contributed by atoms with van der Waals surface area (Å²) in [6, 6.07) is 5.17. The summed E-state index contributed by atoms with van der Waals surface area (Å²) in [5.41, 5.74) is 0.276. The molecule has 1 N–H and O–H groups in total. The van der Waals surface area contributed by atoms with Gasteiger partial charge in [-0.3, -0.25) is 0 Å². The van der Waals surface area contributed by atoms with E-state index in [1.54, 1.807) is 12.1 Å². The number of hydrogen-bond acceptors (Lipinski definition) is 3. The Morgan fingerprint density at radius 2 is 2.19 bits per heavy atom. The topological polar surface area (TPSA) is 32.7 Å². The summed E-state index contributed by atoms with van der Waals surface area (Å²) in [7, 11) is 1.50. The summed E-state index contributed by atoms with van der Waals surface area (Å²) in [6.45, 7) is 6.35. The molecule has 0 aliphatic carbocycles. The molecule has 21 heavy (non-hydrogen) atoms. The van der Waals surface area contributed by atoms with Gasteiger partial charge in [0.15, 0.2) is 0 Å². The molecule has 1 fully saturated rings. The Morgan fingerprint density at radius 3 is 2.90 bits per heavy atom. The number of hydrogen-bond donors (Lipinski definition) is 1. The molecule has 0 radical (unpaired) electrons. The highest BCUT2D eigenvalue weighted by Gasteiger charge is 2.26. The molecule has 0 amide bonds. The number of ether oxygens (including phenoxy) is 1. The van der Waals surface area contributed by atoms with Crippen molar-refractivity contribution < 1.29 is 14.2 Å². The second kappa shape index (κ2) is 7.23. The Balaban J connectivity index is 2.00. The van der Waals surface area contributed by atoms with Crippen LogP contribution in [-0.2, 0) is 0 Å². The van der Waals surface area contributed by atoms with Gasteiger partial charge in [0, 0.05) is 12.6 Å². The van der Waals surface area contributed by atoms with E-state index in [4.69, 9.17) is 4.74 Å². The third-order valence-electron chi connectivity index (χ3n) is 4.76. The number of halogens is 1. The maximum absolute atomic E-state index is 13.9. The van der Waals surface area contributed by atoms with Gasteiger partial charge in [-0.25, -0.2) is 4.39 Å². The Bertz CT molecular complexity index is 466. The average Bonchev–Trinajstić information content (AvgIpc) is 2.48. The van der Waals surface area contributed by atoms with E-state index in [0.29, 0.717) is 24.1 Å². The number of aliphatic hydroxyl groups excluding tert-OH is 1.